The number of rotatable bonds is 5. The molecule has 0 radical (unpaired) electrons. The molecule has 0 bridgehead atoms. The monoisotopic (exact) mass is 366 g/mol. The Kier molecular flexibility index (Phi) is 5.14. The summed E-state index contributed by atoms with van der Waals surface area (Å²) in [7, 11) is 0. The number of aryl methyl sites for hydroxylation is 1. The van der Waals surface area contributed by atoms with E-state index in [-0.39, 0.29) is 23.6 Å². The number of amides is 1. The van der Waals surface area contributed by atoms with Crippen molar-refractivity contribution in [2.75, 3.05) is 0 Å². The molecule has 1 aromatic carbocycles. The van der Waals surface area contributed by atoms with Gasteiger partial charge in [0.1, 0.15) is 0 Å². The number of hydrogen-bond acceptors (Lipinski definition) is 4. The number of ether oxygens (including phenoxy) is 1. The van der Waals surface area contributed by atoms with Crippen molar-refractivity contribution >= 4 is 11.6 Å². The summed E-state index contributed by atoms with van der Waals surface area (Å²) in [6, 6.07) is 8.55. The molecular weight excluding hydrogens is 351 g/mol. The minimum absolute atomic E-state index is 0.0169. The lowest BCUT2D eigenvalue weighted by molar-refractivity contribution is -0.469. The summed E-state index contributed by atoms with van der Waals surface area (Å²) in [4.78, 5) is 12.2. The van der Waals surface area contributed by atoms with Gasteiger partial charge in [-0.15, -0.1) is 13.2 Å². The van der Waals surface area contributed by atoms with Gasteiger partial charge in [0, 0.05) is 18.6 Å². The SMILES string of the molecule is CC1=NN(C(=O)CCc2ccccc2)[C@](O)(C(F)(F)OC(F)(F)F)C1. The molecule has 0 aromatic heterocycles. The third kappa shape index (κ3) is 4.31. The molecular formula is C15H15F5N2O3. The van der Waals surface area contributed by atoms with Crippen LogP contribution in [-0.4, -0.2) is 39.9 Å². The topological polar surface area (TPSA) is 62.1 Å². The predicted molar refractivity (Wildman–Crippen MR) is 76.4 cm³/mol. The van der Waals surface area contributed by atoms with Crippen molar-refractivity contribution in [1.82, 2.24) is 5.01 Å². The molecule has 1 aliphatic rings. The molecule has 25 heavy (non-hydrogen) atoms. The lowest BCUT2D eigenvalue weighted by atomic mass is 10.1. The van der Waals surface area contributed by atoms with E-state index in [0.29, 0.717) is 0 Å². The van der Waals surface area contributed by atoms with Gasteiger partial charge in [-0.1, -0.05) is 30.3 Å². The van der Waals surface area contributed by atoms with Crippen LogP contribution in [0.1, 0.15) is 25.3 Å². The highest BCUT2D eigenvalue weighted by Gasteiger charge is 2.66. The predicted octanol–water partition coefficient (Wildman–Crippen LogP) is 3.05. The van der Waals surface area contributed by atoms with Crippen molar-refractivity contribution in [2.24, 2.45) is 5.10 Å². The van der Waals surface area contributed by atoms with Gasteiger partial charge in [0.05, 0.1) is 0 Å². The van der Waals surface area contributed by atoms with Crippen molar-refractivity contribution in [2.45, 2.75) is 44.4 Å². The molecule has 138 valence electrons. The first-order valence-electron chi connectivity index (χ1n) is 7.23. The smallest absolute Gasteiger partial charge is 0.362 e. The molecule has 0 fully saturated rings. The molecule has 5 nitrogen and oxygen atoms in total. The molecule has 0 saturated carbocycles. The lowest BCUT2D eigenvalue weighted by Gasteiger charge is -2.36. The zero-order valence-corrected chi connectivity index (χ0v) is 13.1. The fraction of sp³-hybridized carbons (Fsp3) is 0.467. The Morgan fingerprint density at radius 1 is 1.28 bits per heavy atom. The van der Waals surface area contributed by atoms with E-state index >= 15 is 0 Å². The van der Waals surface area contributed by atoms with Gasteiger partial charge in [0.2, 0.25) is 5.91 Å². The van der Waals surface area contributed by atoms with Crippen LogP contribution in [-0.2, 0) is 16.0 Å². The molecule has 10 heteroatoms. The number of aliphatic hydroxyl groups is 1. The Morgan fingerprint density at radius 2 is 1.88 bits per heavy atom. The summed E-state index contributed by atoms with van der Waals surface area (Å²) in [5, 5.41) is 13.6. The van der Waals surface area contributed by atoms with Gasteiger partial charge in [-0.25, -0.2) is 4.74 Å². The third-order valence-corrected chi connectivity index (χ3v) is 3.54. The van der Waals surface area contributed by atoms with Crippen molar-refractivity contribution in [1.29, 1.82) is 0 Å². The van der Waals surface area contributed by atoms with Crippen LogP contribution >= 0.6 is 0 Å². The maximum atomic E-state index is 13.9. The van der Waals surface area contributed by atoms with Crippen LogP contribution in [0.2, 0.25) is 0 Å². The molecule has 0 spiro atoms. The fourth-order valence-corrected chi connectivity index (χ4v) is 2.44. The Hall–Kier alpha value is -2.07. The number of hydrazone groups is 1. The van der Waals surface area contributed by atoms with Crippen LogP contribution in [0.5, 0.6) is 0 Å². The summed E-state index contributed by atoms with van der Waals surface area (Å²) < 4.78 is 67.2. The highest BCUT2D eigenvalue weighted by molar-refractivity contribution is 5.89. The average Bonchev–Trinajstić information content (AvgIpc) is 2.80. The molecule has 0 aliphatic carbocycles. The highest BCUT2D eigenvalue weighted by atomic mass is 19.4. The van der Waals surface area contributed by atoms with Crippen molar-refractivity contribution in [3.8, 4) is 0 Å². The number of carbonyl (C=O) groups is 1. The van der Waals surface area contributed by atoms with E-state index in [1.165, 1.54) is 6.92 Å². The van der Waals surface area contributed by atoms with E-state index in [1.54, 1.807) is 30.3 Å². The zero-order valence-electron chi connectivity index (χ0n) is 13.1. The second-order valence-electron chi connectivity index (χ2n) is 5.58. The maximum Gasteiger partial charge on any atom is 0.527 e. The van der Waals surface area contributed by atoms with Gasteiger partial charge in [0.25, 0.3) is 5.72 Å². The largest absolute Gasteiger partial charge is 0.527 e. The zero-order chi connectivity index (χ0) is 18.9. The first-order chi connectivity index (χ1) is 11.4. The minimum Gasteiger partial charge on any atom is -0.362 e. The van der Waals surface area contributed by atoms with E-state index in [1.807, 2.05) is 0 Å². The standard InChI is InChI=1S/C15H15F5N2O3/c1-10-9-13(24,14(16,17)25-15(18,19)20)22(21-10)12(23)8-7-11-5-3-2-4-6-11/h2-6,24H,7-9H2,1H3/t13-/m1/s1. The number of hydrogen-bond donors (Lipinski definition) is 1. The molecule has 0 unspecified atom stereocenters. The summed E-state index contributed by atoms with van der Waals surface area (Å²) >= 11 is 0. The first-order valence-corrected chi connectivity index (χ1v) is 7.23. The molecule has 0 saturated heterocycles. The van der Waals surface area contributed by atoms with Gasteiger partial charge in [-0.2, -0.15) is 18.9 Å². The minimum atomic E-state index is -5.70. The highest BCUT2D eigenvalue weighted by Crippen LogP contribution is 2.43. The van der Waals surface area contributed by atoms with Gasteiger partial charge in [-0.3, -0.25) is 4.79 Å². The van der Waals surface area contributed by atoms with Gasteiger partial charge in [0.15, 0.2) is 0 Å². The molecule has 1 N–H and O–H groups in total. The number of carbonyl (C=O) groups excluding carboxylic acids is 1. The Labute approximate surface area is 139 Å². The van der Waals surface area contributed by atoms with Crippen LogP contribution in [0.3, 0.4) is 0 Å². The maximum absolute atomic E-state index is 13.9. The van der Waals surface area contributed by atoms with E-state index in [0.717, 1.165) is 5.56 Å². The quantitative estimate of drug-likeness (QED) is 0.815. The first kappa shape index (κ1) is 19.3. The molecule has 1 aliphatic heterocycles. The number of benzene rings is 1. The van der Waals surface area contributed by atoms with Gasteiger partial charge < -0.3 is 5.11 Å². The van der Waals surface area contributed by atoms with Crippen LogP contribution < -0.4 is 0 Å². The van der Waals surface area contributed by atoms with Crippen LogP contribution in [0.15, 0.2) is 35.4 Å². The summed E-state index contributed by atoms with van der Waals surface area (Å²) in [5.41, 5.74) is -2.95. The Bertz CT molecular complexity index is 663. The van der Waals surface area contributed by atoms with Crippen LogP contribution in [0.4, 0.5) is 22.0 Å². The lowest BCUT2D eigenvalue weighted by Crippen LogP contribution is -2.61. The van der Waals surface area contributed by atoms with E-state index in [9.17, 15) is 31.9 Å². The van der Waals surface area contributed by atoms with Crippen molar-refractivity contribution < 1.29 is 36.6 Å². The Balaban J connectivity index is 2.17. The fourth-order valence-electron chi connectivity index (χ4n) is 2.44. The molecule has 2 rings (SSSR count). The van der Waals surface area contributed by atoms with E-state index in [4.69, 9.17) is 0 Å². The van der Waals surface area contributed by atoms with Crippen LogP contribution in [0.25, 0.3) is 0 Å². The van der Waals surface area contributed by atoms with Gasteiger partial charge >= 0.3 is 12.5 Å². The van der Waals surface area contributed by atoms with E-state index < -0.39 is 30.5 Å². The third-order valence-electron chi connectivity index (χ3n) is 3.54. The molecule has 1 aromatic rings. The Morgan fingerprint density at radius 3 is 2.44 bits per heavy atom. The van der Waals surface area contributed by atoms with Gasteiger partial charge in [-0.05, 0) is 18.9 Å². The normalized spacial score (nSPS) is 21.4. The molecule has 1 heterocycles. The number of alkyl halides is 5. The summed E-state index contributed by atoms with van der Waals surface area (Å²) in [6.45, 7) is 1.21. The summed E-state index contributed by atoms with van der Waals surface area (Å²) in [6.07, 6.45) is -11.9. The van der Waals surface area contributed by atoms with Crippen molar-refractivity contribution in [3.63, 3.8) is 0 Å². The molecule has 1 atom stereocenters. The van der Waals surface area contributed by atoms with Crippen LogP contribution in [0, 0.1) is 0 Å². The summed E-state index contributed by atoms with van der Waals surface area (Å²) in [5.74, 6) is -1.05. The second kappa shape index (κ2) is 6.68. The number of nitrogens with zero attached hydrogens (tertiary/aromatic N) is 2. The number of halogens is 5. The molecule has 1 amide bonds. The average molecular weight is 366 g/mol. The van der Waals surface area contributed by atoms with E-state index in [2.05, 4.69) is 9.84 Å². The second-order valence-corrected chi connectivity index (χ2v) is 5.58. The van der Waals surface area contributed by atoms with Crippen molar-refractivity contribution in [3.05, 3.63) is 35.9 Å².